The molecule has 0 saturated carbocycles. The first-order chi connectivity index (χ1) is 9.56. The summed E-state index contributed by atoms with van der Waals surface area (Å²) in [6.45, 7) is 4.63. The van der Waals surface area contributed by atoms with Gasteiger partial charge in [-0.05, 0) is 43.5 Å². The number of nitrogens with one attached hydrogen (secondary N) is 1. The summed E-state index contributed by atoms with van der Waals surface area (Å²) >= 11 is 3.71. The van der Waals surface area contributed by atoms with Crippen LogP contribution in [0.15, 0.2) is 28.7 Å². The molecule has 1 aromatic heterocycles. The van der Waals surface area contributed by atoms with Gasteiger partial charge in [0.05, 0.1) is 4.83 Å². The zero-order valence-electron chi connectivity index (χ0n) is 11.5. The van der Waals surface area contributed by atoms with Crippen molar-refractivity contribution in [1.29, 1.82) is 0 Å². The number of fused-ring (bicyclic) bond motifs is 1. The SMILES string of the molecule is Cc1cc(C(Br)c2ccc3c(c2)C(=O)NCC3)c(C)o1. The molecule has 0 spiro atoms. The third kappa shape index (κ3) is 2.29. The number of carbonyl (C=O) groups is 1. The highest BCUT2D eigenvalue weighted by atomic mass is 79.9. The van der Waals surface area contributed by atoms with Crippen LogP contribution in [0.2, 0.25) is 0 Å². The Balaban J connectivity index is 2.00. The Morgan fingerprint density at radius 2 is 2.10 bits per heavy atom. The number of carbonyl (C=O) groups excluding carboxylic acids is 1. The van der Waals surface area contributed by atoms with Crippen molar-refractivity contribution in [2.24, 2.45) is 0 Å². The largest absolute Gasteiger partial charge is 0.466 e. The molecule has 20 heavy (non-hydrogen) atoms. The summed E-state index contributed by atoms with van der Waals surface area (Å²) in [7, 11) is 0. The Bertz CT molecular complexity index is 675. The third-order valence-corrected chi connectivity index (χ3v) is 4.73. The molecule has 1 unspecified atom stereocenters. The lowest BCUT2D eigenvalue weighted by Crippen LogP contribution is -2.31. The van der Waals surface area contributed by atoms with Gasteiger partial charge in [0, 0.05) is 17.7 Å². The number of benzene rings is 1. The lowest BCUT2D eigenvalue weighted by atomic mass is 9.95. The molecule has 1 aliphatic heterocycles. The van der Waals surface area contributed by atoms with Gasteiger partial charge in [0.25, 0.3) is 5.91 Å². The zero-order chi connectivity index (χ0) is 14.3. The average Bonchev–Trinajstić information content (AvgIpc) is 2.77. The van der Waals surface area contributed by atoms with E-state index < -0.39 is 0 Å². The average molecular weight is 334 g/mol. The molecule has 3 rings (SSSR count). The van der Waals surface area contributed by atoms with Crippen LogP contribution in [0.1, 0.15) is 43.4 Å². The maximum Gasteiger partial charge on any atom is 0.251 e. The molecule has 0 fully saturated rings. The molecule has 0 bridgehead atoms. The molecular formula is C16H16BrNO2. The molecule has 1 atom stereocenters. The highest BCUT2D eigenvalue weighted by Gasteiger charge is 2.21. The van der Waals surface area contributed by atoms with Crippen LogP contribution in [0.3, 0.4) is 0 Å². The van der Waals surface area contributed by atoms with E-state index in [-0.39, 0.29) is 10.7 Å². The Hall–Kier alpha value is -1.55. The van der Waals surface area contributed by atoms with Crippen LogP contribution in [-0.2, 0) is 6.42 Å². The van der Waals surface area contributed by atoms with E-state index in [4.69, 9.17) is 4.42 Å². The van der Waals surface area contributed by atoms with Crippen molar-refractivity contribution in [2.75, 3.05) is 6.54 Å². The molecule has 0 aliphatic carbocycles. The van der Waals surface area contributed by atoms with Gasteiger partial charge in [-0.3, -0.25) is 4.79 Å². The molecule has 0 radical (unpaired) electrons. The van der Waals surface area contributed by atoms with E-state index in [2.05, 4.69) is 33.4 Å². The molecule has 1 N–H and O–H groups in total. The van der Waals surface area contributed by atoms with Crippen molar-refractivity contribution in [2.45, 2.75) is 25.1 Å². The number of furan rings is 1. The fourth-order valence-corrected chi connectivity index (χ4v) is 3.41. The van der Waals surface area contributed by atoms with Gasteiger partial charge in [0.2, 0.25) is 0 Å². The number of aryl methyl sites for hydroxylation is 2. The van der Waals surface area contributed by atoms with Gasteiger partial charge >= 0.3 is 0 Å². The summed E-state index contributed by atoms with van der Waals surface area (Å²) in [6.07, 6.45) is 0.901. The molecule has 2 aromatic rings. The van der Waals surface area contributed by atoms with Gasteiger partial charge in [-0.15, -0.1) is 0 Å². The van der Waals surface area contributed by atoms with Crippen molar-refractivity contribution < 1.29 is 9.21 Å². The van der Waals surface area contributed by atoms with Crippen LogP contribution in [0.5, 0.6) is 0 Å². The van der Waals surface area contributed by atoms with E-state index in [0.29, 0.717) is 0 Å². The van der Waals surface area contributed by atoms with Crippen LogP contribution in [0, 0.1) is 13.8 Å². The number of hydrogen-bond acceptors (Lipinski definition) is 2. The minimum absolute atomic E-state index is 0.0212. The smallest absolute Gasteiger partial charge is 0.251 e. The van der Waals surface area contributed by atoms with Gasteiger partial charge in [0.15, 0.2) is 0 Å². The predicted octanol–water partition coefficient (Wildman–Crippen LogP) is 3.67. The molecule has 1 aliphatic rings. The molecule has 3 nitrogen and oxygen atoms in total. The minimum atomic E-state index is 0.0212. The Labute approximate surface area is 126 Å². The van der Waals surface area contributed by atoms with Crippen molar-refractivity contribution in [1.82, 2.24) is 5.32 Å². The molecule has 2 heterocycles. The Kier molecular flexibility index (Phi) is 3.42. The van der Waals surface area contributed by atoms with Gasteiger partial charge in [-0.25, -0.2) is 0 Å². The van der Waals surface area contributed by atoms with Gasteiger partial charge < -0.3 is 9.73 Å². The van der Waals surface area contributed by atoms with E-state index in [1.165, 1.54) is 0 Å². The highest BCUT2D eigenvalue weighted by Crippen LogP contribution is 2.35. The fraction of sp³-hybridized carbons (Fsp3) is 0.312. The first-order valence-electron chi connectivity index (χ1n) is 6.68. The third-order valence-electron chi connectivity index (χ3n) is 3.70. The number of hydrogen-bond donors (Lipinski definition) is 1. The summed E-state index contributed by atoms with van der Waals surface area (Å²) in [4.78, 5) is 12.0. The van der Waals surface area contributed by atoms with Crippen LogP contribution in [-0.4, -0.2) is 12.5 Å². The lowest BCUT2D eigenvalue weighted by molar-refractivity contribution is 0.0946. The first kappa shape index (κ1) is 13.4. The monoisotopic (exact) mass is 333 g/mol. The Morgan fingerprint density at radius 3 is 2.80 bits per heavy atom. The van der Waals surface area contributed by atoms with Crippen LogP contribution >= 0.6 is 15.9 Å². The second kappa shape index (κ2) is 5.09. The van der Waals surface area contributed by atoms with Crippen LogP contribution < -0.4 is 5.32 Å². The minimum Gasteiger partial charge on any atom is -0.466 e. The quantitative estimate of drug-likeness (QED) is 0.852. The number of rotatable bonds is 2. The maximum absolute atomic E-state index is 11.9. The maximum atomic E-state index is 11.9. The number of halogens is 1. The number of amides is 1. The van der Waals surface area contributed by atoms with Crippen molar-refractivity contribution >= 4 is 21.8 Å². The molecule has 4 heteroatoms. The normalized spacial score (nSPS) is 15.7. The van der Waals surface area contributed by atoms with E-state index >= 15 is 0 Å². The van der Waals surface area contributed by atoms with Gasteiger partial charge in [-0.1, -0.05) is 28.1 Å². The second-order valence-corrected chi connectivity index (χ2v) is 6.07. The lowest BCUT2D eigenvalue weighted by Gasteiger charge is -2.18. The molecule has 104 valence electrons. The molecular weight excluding hydrogens is 318 g/mol. The second-order valence-electron chi connectivity index (χ2n) is 5.15. The topological polar surface area (TPSA) is 42.2 Å². The Morgan fingerprint density at radius 1 is 1.30 bits per heavy atom. The molecule has 0 saturated heterocycles. The summed E-state index contributed by atoms with van der Waals surface area (Å²) in [5, 5.41) is 2.89. The standard InChI is InChI=1S/C16H16BrNO2/c1-9-7-13(10(2)20-9)15(17)12-4-3-11-5-6-18-16(19)14(11)8-12/h3-4,7-8,15H,5-6H2,1-2H3,(H,18,19). The van der Waals surface area contributed by atoms with Gasteiger partial charge in [0.1, 0.15) is 11.5 Å². The summed E-state index contributed by atoms with van der Waals surface area (Å²) in [5.41, 5.74) is 4.09. The van der Waals surface area contributed by atoms with E-state index in [1.807, 2.05) is 26.0 Å². The number of alkyl halides is 1. The predicted molar refractivity (Wildman–Crippen MR) is 81.4 cm³/mol. The first-order valence-corrected chi connectivity index (χ1v) is 7.60. The highest BCUT2D eigenvalue weighted by molar-refractivity contribution is 9.09. The van der Waals surface area contributed by atoms with Crippen LogP contribution in [0.25, 0.3) is 0 Å². The van der Waals surface area contributed by atoms with Crippen molar-refractivity contribution in [3.05, 3.63) is 58.0 Å². The molecule has 1 aromatic carbocycles. The zero-order valence-corrected chi connectivity index (χ0v) is 13.1. The van der Waals surface area contributed by atoms with E-state index in [9.17, 15) is 4.79 Å². The summed E-state index contributed by atoms with van der Waals surface area (Å²) in [6, 6.07) is 8.15. The molecule has 1 amide bonds. The van der Waals surface area contributed by atoms with Crippen LogP contribution in [0.4, 0.5) is 0 Å². The summed E-state index contributed by atoms with van der Waals surface area (Å²) < 4.78 is 5.58. The van der Waals surface area contributed by atoms with E-state index in [0.717, 1.165) is 46.7 Å². The van der Waals surface area contributed by atoms with Gasteiger partial charge in [-0.2, -0.15) is 0 Å². The van der Waals surface area contributed by atoms with Crippen molar-refractivity contribution in [3.8, 4) is 0 Å². The van der Waals surface area contributed by atoms with E-state index in [1.54, 1.807) is 0 Å². The summed E-state index contributed by atoms with van der Waals surface area (Å²) in [5.74, 6) is 1.83. The van der Waals surface area contributed by atoms with Crippen molar-refractivity contribution in [3.63, 3.8) is 0 Å². The fourth-order valence-electron chi connectivity index (χ4n) is 2.67.